The molecule has 2 rings (SSSR count). The van der Waals surface area contributed by atoms with Crippen LogP contribution in [-0.4, -0.2) is 45.8 Å². The Hall–Kier alpha value is -2.27. The molecule has 2 aromatic rings. The Kier molecular flexibility index (Phi) is 7.54. The Bertz CT molecular complexity index is 647. The van der Waals surface area contributed by atoms with Crippen molar-refractivity contribution in [3.8, 4) is 11.5 Å². The minimum atomic E-state index is -0.208. The van der Waals surface area contributed by atoms with Gasteiger partial charge in [0.25, 0.3) is 0 Å². The van der Waals surface area contributed by atoms with Gasteiger partial charge in [0.05, 0.1) is 14.2 Å². The van der Waals surface area contributed by atoms with Gasteiger partial charge in [-0.05, 0) is 68.4 Å². The predicted molar refractivity (Wildman–Crippen MR) is 100 cm³/mol. The molecule has 0 bridgehead atoms. The number of benzene rings is 2. The molecule has 0 atom stereocenters. The third-order valence-electron chi connectivity index (χ3n) is 4.12. The van der Waals surface area contributed by atoms with E-state index in [0.29, 0.717) is 0 Å². The van der Waals surface area contributed by atoms with E-state index in [1.807, 2.05) is 12.1 Å². The first-order valence-electron chi connectivity index (χ1n) is 8.51. The van der Waals surface area contributed by atoms with Gasteiger partial charge in [0.2, 0.25) is 0 Å². The lowest BCUT2D eigenvalue weighted by molar-refractivity contribution is 0.335. The topological polar surface area (TPSA) is 33.7 Å². The first-order valence-corrected chi connectivity index (χ1v) is 8.51. The van der Waals surface area contributed by atoms with E-state index in [9.17, 15) is 4.39 Å². The molecule has 25 heavy (non-hydrogen) atoms. The third-order valence-corrected chi connectivity index (χ3v) is 4.12. The summed E-state index contributed by atoms with van der Waals surface area (Å²) in [6, 6.07) is 12.5. The number of halogens is 1. The van der Waals surface area contributed by atoms with Crippen LogP contribution in [0.3, 0.4) is 0 Å². The standard InChI is InChI=1S/C20H27FN2O2/c1-23(13-4-12-22-18-8-6-17(21)7-9-18)14-11-16-5-10-19(24-2)20(15-16)25-3/h5-10,15,22H,4,11-14H2,1-3H3. The molecular weight excluding hydrogens is 319 g/mol. The van der Waals surface area contributed by atoms with Crippen molar-refractivity contribution in [3.05, 3.63) is 53.8 Å². The number of rotatable bonds is 10. The first-order chi connectivity index (χ1) is 12.1. The van der Waals surface area contributed by atoms with Crippen molar-refractivity contribution in [2.24, 2.45) is 0 Å². The Balaban J connectivity index is 1.68. The highest BCUT2D eigenvalue weighted by Crippen LogP contribution is 2.27. The van der Waals surface area contributed by atoms with E-state index >= 15 is 0 Å². The second kappa shape index (κ2) is 9.89. The van der Waals surface area contributed by atoms with Crippen molar-refractivity contribution in [1.29, 1.82) is 0 Å². The van der Waals surface area contributed by atoms with E-state index < -0.39 is 0 Å². The predicted octanol–water partition coefficient (Wildman–Crippen LogP) is 3.82. The lowest BCUT2D eigenvalue weighted by atomic mass is 10.1. The minimum absolute atomic E-state index is 0.208. The van der Waals surface area contributed by atoms with Crippen LogP contribution < -0.4 is 14.8 Å². The van der Waals surface area contributed by atoms with Gasteiger partial charge in [0, 0.05) is 18.8 Å². The van der Waals surface area contributed by atoms with Crippen molar-refractivity contribution in [2.75, 3.05) is 46.2 Å². The molecule has 1 N–H and O–H groups in total. The molecular formula is C20H27FN2O2. The van der Waals surface area contributed by atoms with Crippen LogP contribution in [-0.2, 0) is 6.42 Å². The summed E-state index contributed by atoms with van der Waals surface area (Å²) in [6.45, 7) is 2.85. The van der Waals surface area contributed by atoms with Crippen LogP contribution in [0.2, 0.25) is 0 Å². The molecule has 0 spiro atoms. The Morgan fingerprint density at radius 1 is 0.960 bits per heavy atom. The summed E-state index contributed by atoms with van der Waals surface area (Å²) in [4.78, 5) is 2.31. The second-order valence-corrected chi connectivity index (χ2v) is 6.03. The maximum Gasteiger partial charge on any atom is 0.160 e. The van der Waals surface area contributed by atoms with Crippen LogP contribution in [0.5, 0.6) is 11.5 Å². The molecule has 0 amide bonds. The van der Waals surface area contributed by atoms with Gasteiger partial charge >= 0.3 is 0 Å². The molecule has 136 valence electrons. The molecule has 0 saturated heterocycles. The van der Waals surface area contributed by atoms with Gasteiger partial charge in [-0.25, -0.2) is 4.39 Å². The van der Waals surface area contributed by atoms with E-state index in [1.165, 1.54) is 17.7 Å². The summed E-state index contributed by atoms with van der Waals surface area (Å²) in [5.41, 5.74) is 2.18. The van der Waals surface area contributed by atoms with Gasteiger partial charge in [-0.3, -0.25) is 0 Å². The first kappa shape index (κ1) is 19.1. The van der Waals surface area contributed by atoms with Gasteiger partial charge in [0.1, 0.15) is 5.82 Å². The molecule has 0 aliphatic carbocycles. The van der Waals surface area contributed by atoms with E-state index in [4.69, 9.17) is 9.47 Å². The lowest BCUT2D eigenvalue weighted by Gasteiger charge is -2.17. The largest absolute Gasteiger partial charge is 0.493 e. The second-order valence-electron chi connectivity index (χ2n) is 6.03. The molecule has 0 aliphatic heterocycles. The van der Waals surface area contributed by atoms with Crippen molar-refractivity contribution in [2.45, 2.75) is 12.8 Å². The number of hydrogen-bond donors (Lipinski definition) is 1. The zero-order valence-corrected chi connectivity index (χ0v) is 15.2. The van der Waals surface area contributed by atoms with Gasteiger partial charge in [-0.2, -0.15) is 0 Å². The molecule has 5 heteroatoms. The van der Waals surface area contributed by atoms with Crippen LogP contribution in [0.25, 0.3) is 0 Å². The van der Waals surface area contributed by atoms with Crippen LogP contribution in [0, 0.1) is 5.82 Å². The number of methoxy groups -OCH3 is 2. The molecule has 0 saturated carbocycles. The SMILES string of the molecule is COc1ccc(CCN(C)CCCNc2ccc(F)cc2)cc1OC. The maximum absolute atomic E-state index is 12.8. The van der Waals surface area contributed by atoms with E-state index in [2.05, 4.69) is 23.3 Å². The Morgan fingerprint density at radius 3 is 2.36 bits per heavy atom. The Morgan fingerprint density at radius 2 is 1.68 bits per heavy atom. The smallest absolute Gasteiger partial charge is 0.160 e. The molecule has 4 nitrogen and oxygen atoms in total. The monoisotopic (exact) mass is 346 g/mol. The van der Waals surface area contributed by atoms with E-state index in [0.717, 1.165) is 49.7 Å². The lowest BCUT2D eigenvalue weighted by Crippen LogP contribution is -2.24. The van der Waals surface area contributed by atoms with E-state index in [1.54, 1.807) is 26.4 Å². The average molecular weight is 346 g/mol. The van der Waals surface area contributed by atoms with Crippen molar-refractivity contribution >= 4 is 5.69 Å². The molecule has 0 radical (unpaired) electrons. The number of ether oxygens (including phenoxy) is 2. The van der Waals surface area contributed by atoms with Crippen LogP contribution >= 0.6 is 0 Å². The average Bonchev–Trinajstić information content (AvgIpc) is 2.64. The van der Waals surface area contributed by atoms with Crippen molar-refractivity contribution < 1.29 is 13.9 Å². The summed E-state index contributed by atoms with van der Waals surface area (Å²) in [7, 11) is 5.42. The van der Waals surface area contributed by atoms with Crippen molar-refractivity contribution in [3.63, 3.8) is 0 Å². The van der Waals surface area contributed by atoms with Crippen LogP contribution in [0.1, 0.15) is 12.0 Å². The summed E-state index contributed by atoms with van der Waals surface area (Å²) in [5, 5.41) is 3.30. The van der Waals surface area contributed by atoms with Gasteiger partial charge in [-0.15, -0.1) is 0 Å². The molecule has 0 unspecified atom stereocenters. The van der Waals surface area contributed by atoms with E-state index in [-0.39, 0.29) is 5.82 Å². The molecule has 0 fully saturated rings. The molecule has 0 heterocycles. The molecule has 2 aromatic carbocycles. The van der Waals surface area contributed by atoms with Crippen LogP contribution in [0.4, 0.5) is 10.1 Å². The highest BCUT2D eigenvalue weighted by Gasteiger charge is 2.06. The quantitative estimate of drug-likeness (QED) is 0.663. The minimum Gasteiger partial charge on any atom is -0.493 e. The number of nitrogens with one attached hydrogen (secondary N) is 1. The number of hydrogen-bond acceptors (Lipinski definition) is 4. The normalized spacial score (nSPS) is 10.8. The number of nitrogens with zero attached hydrogens (tertiary/aromatic N) is 1. The summed E-state index contributed by atoms with van der Waals surface area (Å²) in [5.74, 6) is 1.32. The zero-order chi connectivity index (χ0) is 18.1. The highest BCUT2D eigenvalue weighted by atomic mass is 19.1. The maximum atomic E-state index is 12.8. The van der Waals surface area contributed by atoms with Crippen LogP contribution in [0.15, 0.2) is 42.5 Å². The van der Waals surface area contributed by atoms with Gasteiger partial charge in [0.15, 0.2) is 11.5 Å². The van der Waals surface area contributed by atoms with Gasteiger partial charge < -0.3 is 19.7 Å². The Labute approximate surface area is 149 Å². The summed E-state index contributed by atoms with van der Waals surface area (Å²) in [6.07, 6.45) is 1.99. The fourth-order valence-electron chi connectivity index (χ4n) is 2.62. The number of anilines is 1. The summed E-state index contributed by atoms with van der Waals surface area (Å²) >= 11 is 0. The third kappa shape index (κ3) is 6.27. The van der Waals surface area contributed by atoms with Gasteiger partial charge in [-0.1, -0.05) is 6.07 Å². The summed E-state index contributed by atoms with van der Waals surface area (Å²) < 4.78 is 23.5. The fraction of sp³-hybridized carbons (Fsp3) is 0.400. The highest BCUT2D eigenvalue weighted by molar-refractivity contribution is 5.43. The fourth-order valence-corrected chi connectivity index (χ4v) is 2.62. The number of likely N-dealkylation sites (N-methyl/N-ethyl adjacent to an activating group) is 1. The molecule has 0 aliphatic rings. The zero-order valence-electron chi connectivity index (χ0n) is 15.2. The van der Waals surface area contributed by atoms with Crippen molar-refractivity contribution in [1.82, 2.24) is 4.90 Å². The molecule has 0 aromatic heterocycles.